The van der Waals surface area contributed by atoms with Gasteiger partial charge < -0.3 is 19.9 Å². The van der Waals surface area contributed by atoms with Crippen molar-refractivity contribution in [3.05, 3.63) is 42.1 Å². The molecule has 1 amide bonds. The molecular weight excluding hydrogens is 547 g/mol. The number of benzene rings is 1. The molecule has 1 saturated heterocycles. The van der Waals surface area contributed by atoms with Gasteiger partial charge in [-0.05, 0) is 90.0 Å². The van der Waals surface area contributed by atoms with E-state index in [2.05, 4.69) is 24.9 Å². The molecular formula is C29H43FN6O4S. The largest absolute Gasteiger partial charge is 0.451 e. The van der Waals surface area contributed by atoms with Crippen LogP contribution in [0.1, 0.15) is 69.7 Å². The van der Waals surface area contributed by atoms with Crippen LogP contribution in [-0.4, -0.2) is 79.8 Å². The maximum absolute atomic E-state index is 14.2. The van der Waals surface area contributed by atoms with Gasteiger partial charge in [-0.2, -0.15) is 0 Å². The summed E-state index contributed by atoms with van der Waals surface area (Å²) >= 11 is 0. The zero-order chi connectivity index (χ0) is 29.6. The molecule has 10 nitrogen and oxygen atoms in total. The molecule has 2 heterocycles. The van der Waals surface area contributed by atoms with Gasteiger partial charge >= 0.3 is 0 Å². The topological polar surface area (TPSA) is 117 Å². The van der Waals surface area contributed by atoms with E-state index in [1.54, 1.807) is 11.1 Å². The summed E-state index contributed by atoms with van der Waals surface area (Å²) in [6.07, 6.45) is 9.95. The zero-order valence-electron chi connectivity index (χ0n) is 24.5. The number of hydrogen-bond acceptors (Lipinski definition) is 8. The highest BCUT2D eigenvalue weighted by Gasteiger charge is 2.27. The van der Waals surface area contributed by atoms with Gasteiger partial charge in [-0.1, -0.05) is 0 Å². The quantitative estimate of drug-likeness (QED) is 0.404. The van der Waals surface area contributed by atoms with Crippen LogP contribution in [0.2, 0.25) is 0 Å². The number of aromatic nitrogens is 2. The second-order valence-corrected chi connectivity index (χ2v) is 13.2. The monoisotopic (exact) mass is 590 g/mol. The molecule has 1 aliphatic heterocycles. The molecule has 2 N–H and O–H groups in total. The lowest BCUT2D eigenvalue weighted by molar-refractivity contribution is 0.0713. The molecule has 0 spiro atoms. The molecule has 1 aliphatic carbocycles. The van der Waals surface area contributed by atoms with Gasteiger partial charge in [0.1, 0.15) is 17.9 Å². The Labute approximate surface area is 243 Å². The van der Waals surface area contributed by atoms with Gasteiger partial charge in [-0.25, -0.2) is 27.5 Å². The number of ether oxygens (including phenoxy) is 1. The average molecular weight is 591 g/mol. The van der Waals surface area contributed by atoms with E-state index < -0.39 is 15.8 Å². The summed E-state index contributed by atoms with van der Waals surface area (Å²) < 4.78 is 46.1. The van der Waals surface area contributed by atoms with E-state index in [-0.39, 0.29) is 29.3 Å². The van der Waals surface area contributed by atoms with Crippen molar-refractivity contribution < 1.29 is 22.3 Å². The molecule has 2 aliphatic rings. The molecule has 4 rings (SSSR count). The Morgan fingerprint density at radius 3 is 2.46 bits per heavy atom. The van der Waals surface area contributed by atoms with Crippen LogP contribution in [0.4, 0.5) is 10.2 Å². The Bertz CT molecular complexity index is 1280. The standard InChI is InChI=1S/C29H43FN6O4S/c1-5-36(20(2)3)29(37)25-16-22(30)8-11-26(25)40-27-18-31-19-33-28(27)35-14-12-23(13-15-35)32-17-21-6-9-24(10-7-21)34-41(4,38)39/h8,11,16,18-21,23-24,32,34H,5-7,9-10,12-15,17H2,1-4H3. The number of nitrogens with zero attached hydrogens (tertiary/aromatic N) is 4. The van der Waals surface area contributed by atoms with Gasteiger partial charge in [-0.3, -0.25) is 4.79 Å². The van der Waals surface area contributed by atoms with Gasteiger partial charge in [0.05, 0.1) is 18.0 Å². The Morgan fingerprint density at radius 1 is 1.12 bits per heavy atom. The van der Waals surface area contributed by atoms with Crippen LogP contribution in [-0.2, 0) is 10.0 Å². The molecule has 226 valence electrons. The Kier molecular flexibility index (Phi) is 10.5. The van der Waals surface area contributed by atoms with Gasteiger partial charge in [0.25, 0.3) is 5.91 Å². The molecule has 41 heavy (non-hydrogen) atoms. The van der Waals surface area contributed by atoms with Crippen molar-refractivity contribution in [2.45, 2.75) is 77.4 Å². The minimum atomic E-state index is -3.16. The van der Waals surface area contributed by atoms with Gasteiger partial charge in [0.15, 0.2) is 11.6 Å². The van der Waals surface area contributed by atoms with E-state index >= 15 is 0 Å². The number of carbonyl (C=O) groups excluding carboxylic acids is 1. The molecule has 12 heteroatoms. The molecule has 2 aromatic rings. The highest BCUT2D eigenvalue weighted by atomic mass is 32.2. The summed E-state index contributed by atoms with van der Waals surface area (Å²) in [6, 6.07) is 4.39. The van der Waals surface area contributed by atoms with Crippen molar-refractivity contribution >= 4 is 21.7 Å². The van der Waals surface area contributed by atoms with Crippen LogP contribution in [0, 0.1) is 11.7 Å². The van der Waals surface area contributed by atoms with Gasteiger partial charge in [0.2, 0.25) is 10.0 Å². The highest BCUT2D eigenvalue weighted by molar-refractivity contribution is 7.88. The molecule has 2 fully saturated rings. The number of anilines is 1. The number of halogens is 1. The minimum Gasteiger partial charge on any atom is -0.451 e. The maximum atomic E-state index is 14.2. The van der Waals surface area contributed by atoms with Gasteiger partial charge in [-0.15, -0.1) is 0 Å². The lowest BCUT2D eigenvalue weighted by atomic mass is 9.86. The smallest absolute Gasteiger partial charge is 0.257 e. The molecule has 0 atom stereocenters. The predicted molar refractivity (Wildman–Crippen MR) is 157 cm³/mol. The first-order valence-electron chi connectivity index (χ1n) is 14.6. The van der Waals surface area contributed by atoms with Crippen LogP contribution in [0.25, 0.3) is 0 Å². The van der Waals surface area contributed by atoms with Crippen molar-refractivity contribution in [3.63, 3.8) is 0 Å². The lowest BCUT2D eigenvalue weighted by Crippen LogP contribution is -2.45. The van der Waals surface area contributed by atoms with Crippen molar-refractivity contribution in [1.82, 2.24) is 24.9 Å². The summed E-state index contributed by atoms with van der Waals surface area (Å²) in [5, 5.41) is 3.72. The Balaban J connectivity index is 1.34. The number of hydrogen-bond donors (Lipinski definition) is 2. The third-order valence-electron chi connectivity index (χ3n) is 7.99. The highest BCUT2D eigenvalue weighted by Crippen LogP contribution is 2.34. The van der Waals surface area contributed by atoms with Crippen molar-refractivity contribution in [2.75, 3.05) is 37.3 Å². The second-order valence-electron chi connectivity index (χ2n) is 11.4. The van der Waals surface area contributed by atoms with Gasteiger partial charge in [0, 0.05) is 37.8 Å². The Morgan fingerprint density at radius 2 is 1.83 bits per heavy atom. The molecule has 0 bridgehead atoms. The van der Waals surface area contributed by atoms with E-state index in [4.69, 9.17) is 4.74 Å². The van der Waals surface area contributed by atoms with Crippen LogP contribution in [0.15, 0.2) is 30.7 Å². The first-order valence-corrected chi connectivity index (χ1v) is 16.5. The second kappa shape index (κ2) is 13.9. The SMILES string of the molecule is CCN(C(=O)c1cc(F)ccc1Oc1cncnc1N1CCC(NCC2CCC(NS(C)(=O)=O)CC2)CC1)C(C)C. The fraction of sp³-hybridized carbons (Fsp3) is 0.621. The van der Waals surface area contributed by atoms with Crippen molar-refractivity contribution in [2.24, 2.45) is 5.92 Å². The molecule has 0 radical (unpaired) electrons. The third kappa shape index (κ3) is 8.59. The average Bonchev–Trinajstić information content (AvgIpc) is 2.93. The normalized spacial score (nSPS) is 20.3. The third-order valence-corrected chi connectivity index (χ3v) is 8.75. The van der Waals surface area contributed by atoms with Crippen LogP contribution >= 0.6 is 0 Å². The zero-order valence-corrected chi connectivity index (χ0v) is 25.3. The van der Waals surface area contributed by atoms with E-state index in [1.807, 2.05) is 20.8 Å². The number of rotatable bonds is 11. The summed E-state index contributed by atoms with van der Waals surface area (Å²) in [5.74, 6) is 1.10. The Hall–Kier alpha value is -2.83. The predicted octanol–water partition coefficient (Wildman–Crippen LogP) is 3.94. The van der Waals surface area contributed by atoms with Crippen LogP contribution in [0.5, 0.6) is 11.5 Å². The summed E-state index contributed by atoms with van der Waals surface area (Å²) in [5.41, 5.74) is 0.166. The maximum Gasteiger partial charge on any atom is 0.257 e. The van der Waals surface area contributed by atoms with Crippen molar-refractivity contribution in [3.8, 4) is 11.5 Å². The van der Waals surface area contributed by atoms with Crippen molar-refractivity contribution in [1.29, 1.82) is 0 Å². The summed E-state index contributed by atoms with van der Waals surface area (Å²) in [7, 11) is -3.16. The fourth-order valence-electron chi connectivity index (χ4n) is 5.81. The van der Waals surface area contributed by atoms with Crippen LogP contribution in [0.3, 0.4) is 0 Å². The fourth-order valence-corrected chi connectivity index (χ4v) is 6.65. The number of carbonyl (C=O) groups is 1. The van der Waals surface area contributed by atoms with E-state index in [1.165, 1.54) is 30.8 Å². The first-order chi connectivity index (χ1) is 19.5. The summed E-state index contributed by atoms with van der Waals surface area (Å²) in [6.45, 7) is 8.73. The van der Waals surface area contributed by atoms with Crippen LogP contribution < -0.4 is 19.7 Å². The lowest BCUT2D eigenvalue weighted by Gasteiger charge is -2.35. The number of amides is 1. The molecule has 1 saturated carbocycles. The van der Waals surface area contributed by atoms with E-state index in [0.717, 1.165) is 58.2 Å². The molecule has 1 aromatic heterocycles. The van der Waals surface area contributed by atoms with E-state index in [0.29, 0.717) is 30.1 Å². The number of nitrogens with one attached hydrogen (secondary N) is 2. The number of sulfonamides is 1. The summed E-state index contributed by atoms with van der Waals surface area (Å²) in [4.78, 5) is 25.7. The number of piperidine rings is 1. The first kappa shape index (κ1) is 31.1. The molecule has 0 unspecified atom stereocenters. The molecule has 1 aromatic carbocycles. The minimum absolute atomic E-state index is 0.0407. The van der Waals surface area contributed by atoms with E-state index in [9.17, 15) is 17.6 Å².